The van der Waals surface area contributed by atoms with Gasteiger partial charge in [0.05, 0.1) is 6.54 Å². The minimum atomic E-state index is -5.08. The number of hydrogen-bond acceptors (Lipinski definition) is 7. The molecule has 0 atom stereocenters. The molecule has 3 rings (SSSR count). The molecule has 0 aromatic carbocycles. The summed E-state index contributed by atoms with van der Waals surface area (Å²) < 4.78 is 65.8. The summed E-state index contributed by atoms with van der Waals surface area (Å²) in [6.07, 6.45) is -5.48. The summed E-state index contributed by atoms with van der Waals surface area (Å²) in [7, 11) is 2.14. The van der Waals surface area contributed by atoms with Crippen LogP contribution in [0, 0.1) is 0 Å². The number of hydrogen-bond donors (Lipinski definition) is 2. The highest BCUT2D eigenvalue weighted by Crippen LogP contribution is 2.15. The molecule has 3 heterocycles. The summed E-state index contributed by atoms with van der Waals surface area (Å²) in [6, 6.07) is 4.69. The number of aliphatic carboxylic acids is 2. The number of carboxylic acid groups (broad SMARTS) is 2. The molecule has 2 aromatic rings. The van der Waals surface area contributed by atoms with Crippen molar-refractivity contribution < 1.29 is 46.1 Å². The monoisotopic (exact) mass is 542 g/mol. The summed E-state index contributed by atoms with van der Waals surface area (Å²) in [6.45, 7) is 9.27. The van der Waals surface area contributed by atoms with Crippen LogP contribution < -0.4 is 0 Å². The van der Waals surface area contributed by atoms with Gasteiger partial charge in [-0.1, -0.05) is 0 Å². The molecule has 0 unspecified atom stereocenters. The first kappa shape index (κ1) is 31.8. The first-order valence-corrected chi connectivity index (χ1v) is 10.8. The quantitative estimate of drug-likeness (QED) is 0.549. The number of alkyl halides is 6. The van der Waals surface area contributed by atoms with Crippen LogP contribution in [-0.4, -0.2) is 90.2 Å². The Morgan fingerprint density at radius 1 is 0.973 bits per heavy atom. The lowest BCUT2D eigenvalue weighted by molar-refractivity contribution is -0.193. The van der Waals surface area contributed by atoms with Crippen LogP contribution in [0.15, 0.2) is 24.5 Å². The minimum absolute atomic E-state index is 0.511. The van der Waals surface area contributed by atoms with E-state index in [4.69, 9.17) is 19.8 Å². The van der Waals surface area contributed by atoms with Crippen molar-refractivity contribution in [2.45, 2.75) is 58.3 Å². The van der Waals surface area contributed by atoms with Gasteiger partial charge in [-0.05, 0) is 38.6 Å². The zero-order valence-corrected chi connectivity index (χ0v) is 20.3. The molecule has 1 aliphatic heterocycles. The fraction of sp³-hybridized carbons (Fsp3) is 0.571. The summed E-state index contributed by atoms with van der Waals surface area (Å²) in [5, 5.41) is 23.1. The molecule has 1 aliphatic rings. The number of nitrogens with zero attached hydrogens (tertiary/aromatic N) is 6. The maximum Gasteiger partial charge on any atom is 0.490 e. The Balaban J connectivity index is 0.000000404. The molecule has 37 heavy (non-hydrogen) atoms. The lowest BCUT2D eigenvalue weighted by atomic mass is 10.2. The first-order chi connectivity index (χ1) is 17.0. The SMILES string of the molecule is CC(C)N(C)Cc1nnc2n1CCN(Cc1ccncc1)CC2.O=C(O)C(F)(F)F.O=C(O)C(F)(F)F. The van der Waals surface area contributed by atoms with Crippen LogP contribution in [0.1, 0.15) is 31.1 Å². The highest BCUT2D eigenvalue weighted by atomic mass is 19.4. The van der Waals surface area contributed by atoms with Gasteiger partial charge in [0.25, 0.3) is 0 Å². The smallest absolute Gasteiger partial charge is 0.475 e. The van der Waals surface area contributed by atoms with Crippen molar-refractivity contribution in [2.75, 3.05) is 20.1 Å². The Kier molecular flexibility index (Phi) is 11.9. The molecule has 0 amide bonds. The van der Waals surface area contributed by atoms with Gasteiger partial charge in [0.15, 0.2) is 0 Å². The molecular formula is C21H28F6N6O4. The van der Waals surface area contributed by atoms with E-state index in [9.17, 15) is 26.3 Å². The molecule has 208 valence electrons. The lowest BCUT2D eigenvalue weighted by Gasteiger charge is -2.21. The van der Waals surface area contributed by atoms with Crippen LogP contribution in [0.5, 0.6) is 0 Å². The van der Waals surface area contributed by atoms with E-state index in [1.54, 1.807) is 0 Å². The van der Waals surface area contributed by atoms with E-state index in [0.29, 0.717) is 6.04 Å². The Hall–Kier alpha value is -3.27. The molecule has 0 aliphatic carbocycles. The van der Waals surface area contributed by atoms with Crippen molar-refractivity contribution in [3.05, 3.63) is 41.7 Å². The van der Waals surface area contributed by atoms with Crippen LogP contribution in [-0.2, 0) is 35.6 Å². The third-order valence-electron chi connectivity index (χ3n) is 5.11. The van der Waals surface area contributed by atoms with Crippen molar-refractivity contribution in [3.63, 3.8) is 0 Å². The topological polar surface area (TPSA) is 125 Å². The van der Waals surface area contributed by atoms with Gasteiger partial charge in [0.1, 0.15) is 11.6 Å². The third kappa shape index (κ3) is 11.6. The zero-order chi connectivity index (χ0) is 28.4. The summed E-state index contributed by atoms with van der Waals surface area (Å²) in [4.78, 5) is 26.7. The van der Waals surface area contributed by atoms with Gasteiger partial charge in [0.2, 0.25) is 0 Å². The fourth-order valence-corrected chi connectivity index (χ4v) is 2.85. The van der Waals surface area contributed by atoms with E-state index in [2.05, 4.69) is 62.6 Å². The molecule has 2 N–H and O–H groups in total. The molecule has 0 saturated carbocycles. The second-order valence-corrected chi connectivity index (χ2v) is 8.18. The fourth-order valence-electron chi connectivity index (χ4n) is 2.85. The van der Waals surface area contributed by atoms with E-state index in [0.717, 1.165) is 50.8 Å². The van der Waals surface area contributed by atoms with Crippen LogP contribution >= 0.6 is 0 Å². The van der Waals surface area contributed by atoms with Gasteiger partial charge in [-0.15, -0.1) is 10.2 Å². The number of carboxylic acids is 2. The van der Waals surface area contributed by atoms with Gasteiger partial charge in [-0.2, -0.15) is 26.3 Å². The molecule has 10 nitrogen and oxygen atoms in total. The van der Waals surface area contributed by atoms with Crippen LogP contribution in [0.4, 0.5) is 26.3 Å². The number of rotatable bonds is 5. The predicted molar refractivity (Wildman–Crippen MR) is 117 cm³/mol. The number of halogens is 6. The Morgan fingerprint density at radius 2 is 1.49 bits per heavy atom. The van der Waals surface area contributed by atoms with Crippen LogP contribution in [0.3, 0.4) is 0 Å². The Labute approximate surface area is 208 Å². The predicted octanol–water partition coefficient (Wildman–Crippen LogP) is 2.84. The Bertz CT molecular complexity index is 974. The second-order valence-electron chi connectivity index (χ2n) is 8.18. The minimum Gasteiger partial charge on any atom is -0.475 e. The van der Waals surface area contributed by atoms with E-state index >= 15 is 0 Å². The molecule has 0 bridgehead atoms. The van der Waals surface area contributed by atoms with Gasteiger partial charge < -0.3 is 14.8 Å². The van der Waals surface area contributed by atoms with Crippen molar-refractivity contribution >= 4 is 11.9 Å². The van der Waals surface area contributed by atoms with Gasteiger partial charge >= 0.3 is 24.3 Å². The van der Waals surface area contributed by atoms with E-state index in [-0.39, 0.29) is 0 Å². The van der Waals surface area contributed by atoms with Crippen LogP contribution in [0.2, 0.25) is 0 Å². The Morgan fingerprint density at radius 3 is 1.95 bits per heavy atom. The average Bonchev–Trinajstić information content (AvgIpc) is 3.05. The van der Waals surface area contributed by atoms with Crippen LogP contribution in [0.25, 0.3) is 0 Å². The second kappa shape index (κ2) is 13.9. The van der Waals surface area contributed by atoms with E-state index in [1.165, 1.54) is 5.56 Å². The lowest BCUT2D eigenvalue weighted by Crippen LogP contribution is -2.29. The number of fused-ring (bicyclic) bond motifs is 1. The van der Waals surface area contributed by atoms with Crippen molar-refractivity contribution in [2.24, 2.45) is 0 Å². The van der Waals surface area contributed by atoms with E-state index in [1.807, 2.05) is 12.4 Å². The molecule has 0 fully saturated rings. The average molecular weight is 542 g/mol. The van der Waals surface area contributed by atoms with Gasteiger partial charge in [0, 0.05) is 51.0 Å². The number of aromatic nitrogens is 4. The molecule has 0 spiro atoms. The molecule has 0 radical (unpaired) electrons. The van der Waals surface area contributed by atoms with Gasteiger partial charge in [-0.25, -0.2) is 9.59 Å². The number of carbonyl (C=O) groups is 2. The maximum absolute atomic E-state index is 10.6. The van der Waals surface area contributed by atoms with Gasteiger partial charge in [-0.3, -0.25) is 14.8 Å². The molecule has 2 aromatic heterocycles. The molecule has 0 saturated heterocycles. The molecular weight excluding hydrogens is 514 g/mol. The zero-order valence-electron chi connectivity index (χ0n) is 20.3. The third-order valence-corrected chi connectivity index (χ3v) is 5.11. The summed E-state index contributed by atoms with van der Waals surface area (Å²) in [5.41, 5.74) is 1.32. The summed E-state index contributed by atoms with van der Waals surface area (Å²) >= 11 is 0. The van der Waals surface area contributed by atoms with Crippen molar-refractivity contribution in [1.29, 1.82) is 0 Å². The van der Waals surface area contributed by atoms with Crippen molar-refractivity contribution in [3.8, 4) is 0 Å². The van der Waals surface area contributed by atoms with E-state index < -0.39 is 24.3 Å². The maximum atomic E-state index is 10.6. The highest BCUT2D eigenvalue weighted by Gasteiger charge is 2.38. The first-order valence-electron chi connectivity index (χ1n) is 10.8. The highest BCUT2D eigenvalue weighted by molar-refractivity contribution is 5.73. The number of pyridine rings is 1. The van der Waals surface area contributed by atoms with Crippen molar-refractivity contribution in [1.82, 2.24) is 29.5 Å². The molecule has 16 heteroatoms. The largest absolute Gasteiger partial charge is 0.490 e. The normalized spacial score (nSPS) is 14.1. The standard InChI is InChI=1S/C17H26N6.2C2HF3O2/c1-14(2)21(3)13-17-20-19-16-6-9-22(10-11-23(16)17)12-15-4-7-18-8-5-15;2*3-2(4,5)1(6)7/h4-5,7-8,14H,6,9-13H2,1-3H3;2*(H,6,7). The summed E-state index contributed by atoms with van der Waals surface area (Å²) in [5.74, 6) is -3.31.